The summed E-state index contributed by atoms with van der Waals surface area (Å²) in [4.78, 5) is 69.7. The Morgan fingerprint density at radius 3 is 2.34 bits per heavy atom. The fraction of sp³-hybridized carbons (Fsp3) is 0.593. The number of anilines is 1. The maximum Gasteiger partial charge on any atom is 0.235 e. The van der Waals surface area contributed by atoms with Crippen LogP contribution in [0.25, 0.3) is 0 Å². The molecule has 1 aromatic rings. The zero-order chi connectivity index (χ0) is 27.8. The van der Waals surface area contributed by atoms with Gasteiger partial charge in [-0.25, -0.2) is 0 Å². The van der Waals surface area contributed by atoms with Gasteiger partial charge in [0.2, 0.25) is 5.91 Å². The van der Waals surface area contributed by atoms with E-state index in [0.29, 0.717) is 18.2 Å². The average molecular weight is 527 g/mol. The lowest BCUT2D eigenvalue weighted by Gasteiger charge is -2.52. The van der Waals surface area contributed by atoms with Crippen LogP contribution in [0.3, 0.4) is 0 Å². The zero-order valence-electron chi connectivity index (χ0n) is 22.0. The van der Waals surface area contributed by atoms with Gasteiger partial charge in [0.05, 0.1) is 17.5 Å². The molecule has 2 unspecified atom stereocenters. The first-order valence-corrected chi connectivity index (χ1v) is 12.9. The SMILES string of the molecule is CN(C)c1c(CNC2CC2)cc(O)c2c1C[C@H]1C[C@H]3[C@H](N(C)C)C(=O)C(C(N)=O)C(=O)[C@@]3(O)C(=O)C1C2=O. The molecule has 5 rings (SSSR count). The van der Waals surface area contributed by atoms with Crippen molar-refractivity contribution in [3.8, 4) is 5.75 Å². The van der Waals surface area contributed by atoms with E-state index in [9.17, 15) is 34.2 Å². The zero-order valence-corrected chi connectivity index (χ0v) is 22.0. The van der Waals surface area contributed by atoms with Gasteiger partial charge >= 0.3 is 0 Å². The molecule has 0 radical (unpaired) electrons. The molecule has 11 nitrogen and oxygen atoms in total. The largest absolute Gasteiger partial charge is 0.507 e. The fourth-order valence-electron chi connectivity index (χ4n) is 6.96. The molecule has 1 aromatic carbocycles. The van der Waals surface area contributed by atoms with E-state index >= 15 is 0 Å². The maximum absolute atomic E-state index is 13.9. The van der Waals surface area contributed by atoms with Crippen LogP contribution in [0, 0.1) is 23.7 Å². The lowest BCUT2D eigenvalue weighted by molar-refractivity contribution is -0.181. The van der Waals surface area contributed by atoms with Gasteiger partial charge in [-0.3, -0.25) is 28.9 Å². The third-order valence-corrected chi connectivity index (χ3v) is 8.72. The summed E-state index contributed by atoms with van der Waals surface area (Å²) in [7, 11) is 6.82. The van der Waals surface area contributed by atoms with E-state index in [1.807, 2.05) is 19.0 Å². The Labute approximate surface area is 220 Å². The van der Waals surface area contributed by atoms with Gasteiger partial charge in [-0.2, -0.15) is 0 Å². The van der Waals surface area contributed by atoms with E-state index in [1.165, 1.54) is 11.0 Å². The molecule has 204 valence electrons. The molecule has 5 N–H and O–H groups in total. The monoisotopic (exact) mass is 526 g/mol. The Morgan fingerprint density at radius 1 is 1.13 bits per heavy atom. The fourth-order valence-corrected chi connectivity index (χ4v) is 6.96. The molecule has 3 fully saturated rings. The number of primary amides is 1. The van der Waals surface area contributed by atoms with Gasteiger partial charge < -0.3 is 26.2 Å². The normalized spacial score (nSPS) is 32.6. The van der Waals surface area contributed by atoms with Gasteiger partial charge in [0.25, 0.3) is 0 Å². The number of nitrogens with two attached hydrogens (primary N) is 1. The molecule has 0 saturated heterocycles. The molecule has 0 aromatic heterocycles. The number of benzene rings is 1. The second-order valence-electron chi connectivity index (χ2n) is 11.6. The average Bonchev–Trinajstić information content (AvgIpc) is 3.63. The van der Waals surface area contributed by atoms with Crippen molar-refractivity contribution in [1.29, 1.82) is 0 Å². The third kappa shape index (κ3) is 3.70. The molecule has 0 spiro atoms. The van der Waals surface area contributed by atoms with Crippen molar-refractivity contribution < 1.29 is 34.2 Å². The molecule has 11 heteroatoms. The molecule has 3 saturated carbocycles. The number of nitrogens with zero attached hydrogens (tertiary/aromatic N) is 2. The highest BCUT2D eigenvalue weighted by atomic mass is 16.3. The van der Waals surface area contributed by atoms with Crippen LogP contribution in [0.4, 0.5) is 5.69 Å². The van der Waals surface area contributed by atoms with Crippen molar-refractivity contribution in [3.63, 3.8) is 0 Å². The number of likely N-dealkylation sites (N-methyl/N-ethyl adjacent to an activating group) is 1. The van der Waals surface area contributed by atoms with Crippen molar-refractivity contribution in [1.82, 2.24) is 10.2 Å². The Morgan fingerprint density at radius 2 is 1.79 bits per heavy atom. The maximum atomic E-state index is 13.9. The number of hydrogen-bond acceptors (Lipinski definition) is 10. The lowest BCUT2D eigenvalue weighted by Crippen LogP contribution is -2.74. The van der Waals surface area contributed by atoms with E-state index in [-0.39, 0.29) is 24.2 Å². The smallest absolute Gasteiger partial charge is 0.235 e. The first-order valence-electron chi connectivity index (χ1n) is 12.9. The van der Waals surface area contributed by atoms with Gasteiger partial charge in [0.1, 0.15) is 5.75 Å². The van der Waals surface area contributed by atoms with E-state index in [4.69, 9.17) is 5.73 Å². The predicted octanol–water partition coefficient (Wildman–Crippen LogP) is -0.815. The summed E-state index contributed by atoms with van der Waals surface area (Å²) in [5.74, 6) is -10.3. The molecule has 38 heavy (non-hydrogen) atoms. The van der Waals surface area contributed by atoms with Crippen LogP contribution in [0.15, 0.2) is 6.07 Å². The molecule has 0 aliphatic heterocycles. The molecule has 0 bridgehead atoms. The first kappa shape index (κ1) is 26.5. The number of amides is 1. The van der Waals surface area contributed by atoms with Gasteiger partial charge in [-0.15, -0.1) is 0 Å². The second kappa shape index (κ2) is 8.96. The van der Waals surface area contributed by atoms with Gasteiger partial charge in [-0.05, 0) is 62.9 Å². The summed E-state index contributed by atoms with van der Waals surface area (Å²) in [6, 6.07) is 0.839. The van der Waals surface area contributed by atoms with Crippen LogP contribution in [0.2, 0.25) is 0 Å². The lowest BCUT2D eigenvalue weighted by atomic mass is 9.52. The van der Waals surface area contributed by atoms with Crippen LogP contribution in [-0.2, 0) is 32.1 Å². The predicted molar refractivity (Wildman–Crippen MR) is 136 cm³/mol. The minimum atomic E-state index is -2.72. The number of hydrogen-bond donors (Lipinski definition) is 4. The van der Waals surface area contributed by atoms with E-state index in [0.717, 1.165) is 24.1 Å². The number of carbonyl (C=O) groups is 5. The summed E-state index contributed by atoms with van der Waals surface area (Å²) in [5, 5.41) is 26.1. The van der Waals surface area contributed by atoms with Gasteiger partial charge in [-0.1, -0.05) is 0 Å². The van der Waals surface area contributed by atoms with Crippen molar-refractivity contribution in [2.75, 3.05) is 33.1 Å². The van der Waals surface area contributed by atoms with Crippen molar-refractivity contribution >= 4 is 34.7 Å². The quantitative estimate of drug-likeness (QED) is 0.344. The van der Waals surface area contributed by atoms with Gasteiger partial charge in [0.15, 0.2) is 34.7 Å². The molecule has 6 atom stereocenters. The number of rotatable bonds is 6. The summed E-state index contributed by atoms with van der Waals surface area (Å²) < 4.78 is 0. The topological polar surface area (TPSA) is 170 Å². The minimum absolute atomic E-state index is 0.00969. The van der Waals surface area contributed by atoms with Crippen molar-refractivity contribution in [3.05, 3.63) is 22.8 Å². The number of aromatic hydroxyl groups is 1. The van der Waals surface area contributed by atoms with Gasteiger partial charge in [0, 0.05) is 38.3 Å². The summed E-state index contributed by atoms with van der Waals surface area (Å²) >= 11 is 0. The number of aliphatic hydroxyl groups is 1. The molecule has 4 aliphatic rings. The molecule has 1 amide bonds. The highest BCUT2D eigenvalue weighted by Crippen LogP contribution is 2.52. The Bertz CT molecular complexity index is 1270. The number of phenolic OH excluding ortho intramolecular Hbond substituents is 1. The van der Waals surface area contributed by atoms with Crippen LogP contribution in [-0.4, -0.2) is 90.0 Å². The third-order valence-electron chi connectivity index (χ3n) is 8.72. The van der Waals surface area contributed by atoms with E-state index < -0.39 is 64.4 Å². The van der Waals surface area contributed by atoms with Crippen LogP contribution in [0.5, 0.6) is 5.75 Å². The molecule has 0 heterocycles. The number of nitrogens with one attached hydrogen (secondary N) is 1. The standard InChI is InChI=1S/C27H34N4O7/c1-30(2)20-12(10-29-13-5-6-13)9-16(32)18-14(20)7-11-8-15-21(31(3)4)23(34)19(26(28)37)25(36)27(15,38)24(35)17(11)22(18)33/h9,11,13,15,17,19,21,29,32,38H,5-8,10H2,1-4H3,(H2,28,37)/t11-,15-,17?,19?,21-,27-/m0/s1. The Kier molecular flexibility index (Phi) is 6.24. The van der Waals surface area contributed by atoms with Crippen molar-refractivity contribution in [2.24, 2.45) is 29.4 Å². The number of Topliss-reactive ketones (excluding diaryl/α,β-unsaturated/α-hetero) is 4. The number of carbonyl (C=O) groups excluding carboxylic acids is 5. The van der Waals surface area contributed by atoms with Crippen molar-refractivity contribution in [2.45, 2.75) is 49.9 Å². The van der Waals surface area contributed by atoms with E-state index in [1.54, 1.807) is 14.1 Å². The Hall–Kier alpha value is -3.15. The van der Waals surface area contributed by atoms with E-state index in [2.05, 4.69) is 5.32 Å². The molecular weight excluding hydrogens is 492 g/mol. The first-order chi connectivity index (χ1) is 17.8. The van der Waals surface area contributed by atoms with Crippen LogP contribution >= 0.6 is 0 Å². The second-order valence-corrected chi connectivity index (χ2v) is 11.6. The summed E-state index contributed by atoms with van der Waals surface area (Å²) in [6.07, 6.45) is 2.44. The minimum Gasteiger partial charge on any atom is -0.507 e. The molecule has 4 aliphatic carbocycles. The summed E-state index contributed by atoms with van der Waals surface area (Å²) in [5.41, 5.74) is 4.85. The summed E-state index contributed by atoms with van der Waals surface area (Å²) in [6.45, 7) is 0.503. The van der Waals surface area contributed by atoms with Crippen LogP contribution < -0.4 is 16.0 Å². The number of fused-ring (bicyclic) bond motifs is 3. The van der Waals surface area contributed by atoms with Crippen LogP contribution in [0.1, 0.15) is 40.7 Å². The Balaban J connectivity index is 1.62. The number of ketones is 4. The highest BCUT2D eigenvalue weighted by molar-refractivity contribution is 6.32. The number of phenols is 1. The highest BCUT2D eigenvalue weighted by Gasteiger charge is 2.69. The molecular formula is C27H34N4O7.